The smallest absolute Gasteiger partial charge is 0.253 e. The Morgan fingerprint density at radius 1 is 1.48 bits per heavy atom. The number of amides is 1. The van der Waals surface area contributed by atoms with E-state index in [4.69, 9.17) is 22.1 Å². The minimum absolute atomic E-state index is 0.157. The van der Waals surface area contributed by atoms with Crippen LogP contribution in [0.15, 0.2) is 18.2 Å². The topological polar surface area (TPSA) is 64.3 Å². The predicted molar refractivity (Wildman–Crippen MR) is 86.5 cm³/mol. The Labute approximate surface area is 131 Å². The van der Waals surface area contributed by atoms with E-state index in [1.54, 1.807) is 25.1 Å². The molecule has 3 N–H and O–H groups in total. The summed E-state index contributed by atoms with van der Waals surface area (Å²) in [7, 11) is 0. The number of ether oxygens (including phenoxy) is 1. The van der Waals surface area contributed by atoms with Crippen LogP contribution in [0.4, 0.5) is 11.4 Å². The van der Waals surface area contributed by atoms with Crippen LogP contribution in [0.5, 0.6) is 0 Å². The van der Waals surface area contributed by atoms with Crippen molar-refractivity contribution in [3.05, 3.63) is 23.2 Å². The van der Waals surface area contributed by atoms with Gasteiger partial charge in [0.05, 0.1) is 16.8 Å². The third-order valence-corrected chi connectivity index (χ3v) is 4.26. The van der Waals surface area contributed by atoms with Crippen LogP contribution in [-0.2, 0) is 9.53 Å². The maximum absolute atomic E-state index is 12.2. The summed E-state index contributed by atoms with van der Waals surface area (Å²) in [6.45, 7) is 4.02. The van der Waals surface area contributed by atoms with Crippen molar-refractivity contribution in [2.45, 2.75) is 51.7 Å². The SMILES string of the molecule is CC1CCCC(OC(C)C(=O)Nc2ccc(Cl)c(N)c2)C1. The largest absolute Gasteiger partial charge is 0.397 e. The molecule has 1 saturated carbocycles. The lowest BCUT2D eigenvalue weighted by atomic mass is 9.88. The van der Waals surface area contributed by atoms with Crippen LogP contribution in [-0.4, -0.2) is 18.1 Å². The summed E-state index contributed by atoms with van der Waals surface area (Å²) in [6.07, 6.45) is 4.21. The molecule has 1 amide bonds. The average molecular weight is 311 g/mol. The van der Waals surface area contributed by atoms with Crippen LogP contribution in [0.3, 0.4) is 0 Å². The van der Waals surface area contributed by atoms with E-state index in [-0.39, 0.29) is 12.0 Å². The number of hydrogen-bond donors (Lipinski definition) is 2. The highest BCUT2D eigenvalue weighted by Crippen LogP contribution is 2.27. The lowest BCUT2D eigenvalue weighted by Crippen LogP contribution is -2.33. The van der Waals surface area contributed by atoms with Gasteiger partial charge in [-0.05, 0) is 43.9 Å². The number of rotatable bonds is 4. The zero-order valence-corrected chi connectivity index (χ0v) is 13.3. The van der Waals surface area contributed by atoms with Gasteiger partial charge in [0.15, 0.2) is 0 Å². The van der Waals surface area contributed by atoms with Crippen molar-refractivity contribution in [3.8, 4) is 0 Å². The number of anilines is 2. The number of nitrogens with one attached hydrogen (secondary N) is 1. The van der Waals surface area contributed by atoms with Gasteiger partial charge in [-0.1, -0.05) is 31.4 Å². The molecule has 0 aliphatic heterocycles. The summed E-state index contributed by atoms with van der Waals surface area (Å²) < 4.78 is 5.88. The second kappa shape index (κ2) is 7.14. The van der Waals surface area contributed by atoms with E-state index >= 15 is 0 Å². The van der Waals surface area contributed by atoms with Crippen molar-refractivity contribution < 1.29 is 9.53 Å². The van der Waals surface area contributed by atoms with Crippen LogP contribution >= 0.6 is 11.6 Å². The summed E-state index contributed by atoms with van der Waals surface area (Å²) in [5.41, 5.74) is 6.80. The number of halogens is 1. The number of nitrogen functional groups attached to an aromatic ring is 1. The molecular formula is C16H23ClN2O2. The molecule has 116 valence electrons. The highest BCUT2D eigenvalue weighted by Gasteiger charge is 2.24. The zero-order chi connectivity index (χ0) is 15.4. The number of hydrogen-bond acceptors (Lipinski definition) is 3. The molecule has 0 saturated heterocycles. The van der Waals surface area contributed by atoms with Crippen molar-refractivity contribution in [2.24, 2.45) is 5.92 Å². The van der Waals surface area contributed by atoms with Gasteiger partial charge in [0.25, 0.3) is 5.91 Å². The predicted octanol–water partition coefficient (Wildman–Crippen LogP) is 3.84. The first kappa shape index (κ1) is 16.1. The van der Waals surface area contributed by atoms with Crippen molar-refractivity contribution in [1.82, 2.24) is 0 Å². The van der Waals surface area contributed by atoms with Crippen LogP contribution < -0.4 is 11.1 Å². The number of carbonyl (C=O) groups is 1. The molecule has 21 heavy (non-hydrogen) atoms. The van der Waals surface area contributed by atoms with E-state index in [9.17, 15) is 4.79 Å². The Balaban J connectivity index is 1.88. The van der Waals surface area contributed by atoms with E-state index in [0.717, 1.165) is 12.8 Å². The summed E-state index contributed by atoms with van der Waals surface area (Å²) in [5.74, 6) is 0.519. The summed E-state index contributed by atoms with van der Waals surface area (Å²) >= 11 is 5.86. The number of benzene rings is 1. The van der Waals surface area contributed by atoms with E-state index in [1.807, 2.05) is 0 Å². The lowest BCUT2D eigenvalue weighted by molar-refractivity contribution is -0.131. The van der Waals surface area contributed by atoms with Crippen molar-refractivity contribution in [1.29, 1.82) is 0 Å². The molecule has 3 unspecified atom stereocenters. The number of nitrogens with two attached hydrogens (primary N) is 1. The van der Waals surface area contributed by atoms with Gasteiger partial charge >= 0.3 is 0 Å². The van der Waals surface area contributed by atoms with Gasteiger partial charge in [-0.15, -0.1) is 0 Å². The molecule has 1 aliphatic rings. The van der Waals surface area contributed by atoms with Crippen molar-refractivity contribution >= 4 is 28.9 Å². The minimum Gasteiger partial charge on any atom is -0.397 e. The Kier molecular flexibility index (Phi) is 5.48. The first-order chi connectivity index (χ1) is 9.95. The lowest BCUT2D eigenvalue weighted by Gasteiger charge is -2.29. The minimum atomic E-state index is -0.475. The Hall–Kier alpha value is -1.26. The molecule has 0 heterocycles. The molecule has 2 rings (SSSR count). The molecule has 4 nitrogen and oxygen atoms in total. The summed E-state index contributed by atoms with van der Waals surface area (Å²) in [5, 5.41) is 3.29. The fourth-order valence-corrected chi connectivity index (χ4v) is 2.84. The maximum Gasteiger partial charge on any atom is 0.253 e. The van der Waals surface area contributed by atoms with E-state index in [1.165, 1.54) is 12.8 Å². The normalized spacial score (nSPS) is 23.6. The first-order valence-corrected chi connectivity index (χ1v) is 7.85. The molecule has 1 aromatic rings. The third kappa shape index (κ3) is 4.61. The molecule has 1 aromatic carbocycles. The highest BCUT2D eigenvalue weighted by atomic mass is 35.5. The fraction of sp³-hybridized carbons (Fsp3) is 0.562. The molecule has 1 fully saturated rings. The molecule has 5 heteroatoms. The fourth-order valence-electron chi connectivity index (χ4n) is 2.72. The Morgan fingerprint density at radius 3 is 2.90 bits per heavy atom. The molecule has 0 bridgehead atoms. The standard InChI is InChI=1S/C16H23ClN2O2/c1-10-4-3-5-13(8-10)21-11(2)16(20)19-12-6-7-14(17)15(18)9-12/h6-7,9-11,13H,3-5,8,18H2,1-2H3,(H,19,20). The summed E-state index contributed by atoms with van der Waals surface area (Å²) in [4.78, 5) is 12.2. The second-order valence-electron chi connectivity index (χ2n) is 5.90. The Bertz CT molecular complexity index is 507. The molecule has 0 spiro atoms. The Morgan fingerprint density at radius 2 is 2.24 bits per heavy atom. The molecule has 0 aromatic heterocycles. The summed E-state index contributed by atoms with van der Waals surface area (Å²) in [6, 6.07) is 5.04. The quantitative estimate of drug-likeness (QED) is 0.830. The molecule has 1 aliphatic carbocycles. The molecule has 0 radical (unpaired) electrons. The third-order valence-electron chi connectivity index (χ3n) is 3.92. The maximum atomic E-state index is 12.2. The van der Waals surface area contributed by atoms with Gasteiger partial charge < -0.3 is 15.8 Å². The van der Waals surface area contributed by atoms with Crippen LogP contribution in [0.2, 0.25) is 5.02 Å². The van der Waals surface area contributed by atoms with Gasteiger partial charge in [0, 0.05) is 5.69 Å². The van der Waals surface area contributed by atoms with Gasteiger partial charge in [0.1, 0.15) is 6.10 Å². The monoisotopic (exact) mass is 310 g/mol. The highest BCUT2D eigenvalue weighted by molar-refractivity contribution is 6.33. The zero-order valence-electron chi connectivity index (χ0n) is 12.6. The van der Waals surface area contributed by atoms with Gasteiger partial charge in [0.2, 0.25) is 0 Å². The van der Waals surface area contributed by atoms with E-state index in [2.05, 4.69) is 12.2 Å². The van der Waals surface area contributed by atoms with Crippen molar-refractivity contribution in [2.75, 3.05) is 11.1 Å². The molecule has 3 atom stereocenters. The van der Waals surface area contributed by atoms with Gasteiger partial charge in [-0.2, -0.15) is 0 Å². The van der Waals surface area contributed by atoms with Gasteiger partial charge in [-0.3, -0.25) is 4.79 Å². The van der Waals surface area contributed by atoms with Crippen LogP contribution in [0.1, 0.15) is 39.5 Å². The van der Waals surface area contributed by atoms with Crippen LogP contribution in [0.25, 0.3) is 0 Å². The van der Waals surface area contributed by atoms with E-state index in [0.29, 0.717) is 22.3 Å². The van der Waals surface area contributed by atoms with Crippen LogP contribution in [0, 0.1) is 5.92 Å². The second-order valence-corrected chi connectivity index (χ2v) is 6.30. The average Bonchev–Trinajstić information content (AvgIpc) is 2.43. The first-order valence-electron chi connectivity index (χ1n) is 7.47. The molecular weight excluding hydrogens is 288 g/mol. The number of carbonyl (C=O) groups excluding carboxylic acids is 1. The van der Waals surface area contributed by atoms with Gasteiger partial charge in [-0.25, -0.2) is 0 Å². The van der Waals surface area contributed by atoms with Crippen molar-refractivity contribution in [3.63, 3.8) is 0 Å². The van der Waals surface area contributed by atoms with E-state index < -0.39 is 6.10 Å².